The first-order valence-corrected chi connectivity index (χ1v) is 7.84. The minimum absolute atomic E-state index is 0. The van der Waals surface area contributed by atoms with Gasteiger partial charge in [0.2, 0.25) is 10.0 Å². The second-order valence-electron chi connectivity index (χ2n) is 4.00. The van der Waals surface area contributed by atoms with Gasteiger partial charge < -0.3 is 5.32 Å². The standard InChI is InChI=1S/C11H16Cl2N2O2S.ClH/c1-8(14-2)6-15-18(16,17)7-9-10(12)4-3-5-11(9)13;/h3-5,8,14-15H,6-7H2,1-2H3;1H. The van der Waals surface area contributed by atoms with Crippen molar-refractivity contribution in [3.63, 3.8) is 0 Å². The molecule has 0 saturated heterocycles. The van der Waals surface area contributed by atoms with Crippen LogP contribution in [0.1, 0.15) is 12.5 Å². The Hall–Kier alpha value is -0.0400. The van der Waals surface area contributed by atoms with Gasteiger partial charge in [-0.3, -0.25) is 0 Å². The van der Waals surface area contributed by atoms with Crippen molar-refractivity contribution in [2.45, 2.75) is 18.7 Å². The molecule has 2 N–H and O–H groups in total. The molecule has 0 aliphatic heterocycles. The molecule has 1 aromatic rings. The molecule has 0 saturated carbocycles. The van der Waals surface area contributed by atoms with Gasteiger partial charge in [0.1, 0.15) is 0 Å². The van der Waals surface area contributed by atoms with Crippen LogP contribution in [0.25, 0.3) is 0 Å². The molecule has 0 radical (unpaired) electrons. The summed E-state index contributed by atoms with van der Waals surface area (Å²) in [5.41, 5.74) is 0.422. The van der Waals surface area contributed by atoms with Crippen molar-refractivity contribution in [1.82, 2.24) is 10.0 Å². The average Bonchev–Trinajstić information content (AvgIpc) is 2.31. The summed E-state index contributed by atoms with van der Waals surface area (Å²) in [4.78, 5) is 0. The minimum Gasteiger partial charge on any atom is -0.316 e. The van der Waals surface area contributed by atoms with Crippen LogP contribution in [-0.2, 0) is 15.8 Å². The highest BCUT2D eigenvalue weighted by molar-refractivity contribution is 7.88. The van der Waals surface area contributed by atoms with Crippen LogP contribution in [0, 0.1) is 0 Å². The van der Waals surface area contributed by atoms with E-state index in [0.717, 1.165) is 0 Å². The van der Waals surface area contributed by atoms with Crippen molar-refractivity contribution >= 4 is 45.6 Å². The fraction of sp³-hybridized carbons (Fsp3) is 0.455. The number of halogens is 3. The quantitative estimate of drug-likeness (QED) is 0.831. The highest BCUT2D eigenvalue weighted by Gasteiger charge is 2.16. The molecule has 1 aromatic carbocycles. The lowest BCUT2D eigenvalue weighted by molar-refractivity contribution is 0.553. The van der Waals surface area contributed by atoms with Gasteiger partial charge >= 0.3 is 0 Å². The van der Waals surface area contributed by atoms with Gasteiger partial charge in [-0.2, -0.15) is 0 Å². The van der Waals surface area contributed by atoms with Crippen molar-refractivity contribution in [2.24, 2.45) is 0 Å². The number of sulfonamides is 1. The van der Waals surface area contributed by atoms with Crippen LogP contribution in [0.2, 0.25) is 10.0 Å². The van der Waals surface area contributed by atoms with Gasteiger partial charge in [-0.1, -0.05) is 29.3 Å². The number of rotatable bonds is 6. The van der Waals surface area contributed by atoms with E-state index in [1.807, 2.05) is 6.92 Å². The fourth-order valence-electron chi connectivity index (χ4n) is 1.27. The van der Waals surface area contributed by atoms with Crippen molar-refractivity contribution < 1.29 is 8.42 Å². The fourth-order valence-corrected chi connectivity index (χ4v) is 3.25. The van der Waals surface area contributed by atoms with Crippen molar-refractivity contribution in [3.8, 4) is 0 Å². The van der Waals surface area contributed by atoms with Crippen LogP contribution >= 0.6 is 35.6 Å². The Balaban J connectivity index is 0.00000324. The molecule has 0 heterocycles. The highest BCUT2D eigenvalue weighted by atomic mass is 35.5. The van der Waals surface area contributed by atoms with Crippen LogP contribution in [-0.4, -0.2) is 28.1 Å². The first kappa shape index (κ1) is 19.0. The van der Waals surface area contributed by atoms with Gasteiger partial charge in [-0.05, 0) is 26.1 Å². The lowest BCUT2D eigenvalue weighted by Crippen LogP contribution is -2.37. The molecule has 0 spiro atoms. The van der Waals surface area contributed by atoms with Crippen LogP contribution in [0.5, 0.6) is 0 Å². The number of likely N-dealkylation sites (N-methyl/N-ethyl adjacent to an activating group) is 1. The molecule has 1 atom stereocenters. The summed E-state index contributed by atoms with van der Waals surface area (Å²) in [5, 5.41) is 3.66. The predicted molar refractivity (Wildman–Crippen MR) is 82.9 cm³/mol. The van der Waals surface area contributed by atoms with E-state index in [9.17, 15) is 8.42 Å². The molecule has 8 heteroatoms. The molecule has 0 aliphatic carbocycles. The van der Waals surface area contributed by atoms with E-state index in [4.69, 9.17) is 23.2 Å². The second-order valence-corrected chi connectivity index (χ2v) is 6.62. The summed E-state index contributed by atoms with van der Waals surface area (Å²) in [7, 11) is -1.68. The Morgan fingerprint density at radius 2 is 1.79 bits per heavy atom. The maximum atomic E-state index is 11.9. The van der Waals surface area contributed by atoms with E-state index in [0.29, 0.717) is 22.2 Å². The molecule has 0 fully saturated rings. The lowest BCUT2D eigenvalue weighted by Gasteiger charge is -2.13. The number of hydrogen-bond donors (Lipinski definition) is 2. The largest absolute Gasteiger partial charge is 0.316 e. The van der Waals surface area contributed by atoms with Crippen molar-refractivity contribution in [2.75, 3.05) is 13.6 Å². The van der Waals surface area contributed by atoms with E-state index in [-0.39, 0.29) is 24.2 Å². The highest BCUT2D eigenvalue weighted by Crippen LogP contribution is 2.25. The van der Waals surface area contributed by atoms with Crippen LogP contribution < -0.4 is 10.0 Å². The van der Waals surface area contributed by atoms with Crippen molar-refractivity contribution in [1.29, 1.82) is 0 Å². The first-order chi connectivity index (χ1) is 8.35. The molecule has 4 nitrogen and oxygen atoms in total. The molecule has 0 bridgehead atoms. The maximum absolute atomic E-state index is 11.9. The zero-order chi connectivity index (χ0) is 13.8. The van der Waals surface area contributed by atoms with E-state index >= 15 is 0 Å². The van der Waals surface area contributed by atoms with Crippen LogP contribution in [0.3, 0.4) is 0 Å². The molecule has 1 rings (SSSR count). The summed E-state index contributed by atoms with van der Waals surface area (Å²) >= 11 is 11.9. The molecule has 0 aliphatic rings. The average molecular weight is 348 g/mol. The second kappa shape index (κ2) is 8.29. The van der Waals surface area contributed by atoms with Gasteiger partial charge in [0.25, 0.3) is 0 Å². The Labute approximate surface area is 130 Å². The molecule has 0 aromatic heterocycles. The van der Waals surface area contributed by atoms with Gasteiger partial charge in [0.05, 0.1) is 5.75 Å². The topological polar surface area (TPSA) is 58.2 Å². The summed E-state index contributed by atoms with van der Waals surface area (Å²) in [5.74, 6) is -0.220. The normalized spacial score (nSPS) is 12.8. The summed E-state index contributed by atoms with van der Waals surface area (Å²) in [6, 6.07) is 4.97. The number of nitrogens with one attached hydrogen (secondary N) is 2. The van der Waals surface area contributed by atoms with E-state index in [2.05, 4.69) is 10.0 Å². The van der Waals surface area contributed by atoms with Gasteiger partial charge in [-0.15, -0.1) is 12.4 Å². The predicted octanol–water partition coefficient (Wildman–Crippen LogP) is 2.44. The Bertz CT molecular complexity index is 488. The lowest BCUT2D eigenvalue weighted by atomic mass is 10.2. The third kappa shape index (κ3) is 6.29. The van der Waals surface area contributed by atoms with E-state index < -0.39 is 10.0 Å². The summed E-state index contributed by atoms with van der Waals surface area (Å²) < 4.78 is 26.2. The Morgan fingerprint density at radius 3 is 2.26 bits per heavy atom. The SMILES string of the molecule is CNC(C)CNS(=O)(=O)Cc1c(Cl)cccc1Cl.Cl. The smallest absolute Gasteiger partial charge is 0.215 e. The zero-order valence-corrected chi connectivity index (χ0v) is 13.8. The maximum Gasteiger partial charge on any atom is 0.215 e. The molecule has 19 heavy (non-hydrogen) atoms. The van der Waals surface area contributed by atoms with Crippen molar-refractivity contribution in [3.05, 3.63) is 33.8 Å². The van der Waals surface area contributed by atoms with E-state index in [1.165, 1.54) is 0 Å². The Morgan fingerprint density at radius 1 is 1.26 bits per heavy atom. The van der Waals surface area contributed by atoms with Crippen LogP contribution in [0.4, 0.5) is 0 Å². The Kier molecular flexibility index (Phi) is 8.27. The third-order valence-electron chi connectivity index (χ3n) is 2.50. The first-order valence-electron chi connectivity index (χ1n) is 5.43. The van der Waals surface area contributed by atoms with Gasteiger partial charge in [0, 0.05) is 28.2 Å². The molecular weight excluding hydrogens is 331 g/mol. The molecular formula is C11H17Cl3N2O2S. The zero-order valence-electron chi connectivity index (χ0n) is 10.6. The van der Waals surface area contributed by atoms with E-state index in [1.54, 1.807) is 25.2 Å². The summed E-state index contributed by atoms with van der Waals surface area (Å²) in [6.07, 6.45) is 0. The third-order valence-corrected chi connectivity index (χ3v) is 4.48. The molecule has 110 valence electrons. The molecule has 0 amide bonds. The van der Waals surface area contributed by atoms with Crippen LogP contribution in [0.15, 0.2) is 18.2 Å². The minimum atomic E-state index is -3.44. The van der Waals surface area contributed by atoms with Gasteiger partial charge in [-0.25, -0.2) is 13.1 Å². The number of benzene rings is 1. The summed E-state index contributed by atoms with van der Waals surface area (Å²) in [6.45, 7) is 2.20. The number of hydrogen-bond acceptors (Lipinski definition) is 3. The molecule has 1 unspecified atom stereocenters. The monoisotopic (exact) mass is 346 g/mol. The van der Waals surface area contributed by atoms with Gasteiger partial charge in [0.15, 0.2) is 0 Å².